The molecule has 5 nitrogen and oxygen atoms in total. The van der Waals surface area contributed by atoms with Crippen molar-refractivity contribution in [2.45, 2.75) is 31.7 Å². The maximum atomic E-state index is 8.64. The maximum Gasteiger partial charge on any atom is 0.151 e. The first-order valence-electron chi connectivity index (χ1n) is 9.61. The molecule has 1 unspecified atom stereocenters. The van der Waals surface area contributed by atoms with Gasteiger partial charge in [-0.2, -0.15) is 0 Å². The molecule has 1 aromatic heterocycles. The monoisotopic (exact) mass is 338 g/mol. The van der Waals surface area contributed by atoms with Gasteiger partial charge in [-0.05, 0) is 55.6 Å². The average Bonchev–Trinajstić information content (AvgIpc) is 3.17. The SMILES string of the molecule is [2H]C([2H])(C1CCOCC1)N1C[C@H]2CC(Nc3ccc(Cl)nn3)C[C@H]2C1. The van der Waals surface area contributed by atoms with Gasteiger partial charge in [0, 0.05) is 41.6 Å². The highest BCUT2D eigenvalue weighted by Gasteiger charge is 2.41. The van der Waals surface area contributed by atoms with Crippen LogP contribution in [0.1, 0.15) is 28.4 Å². The molecule has 3 aliphatic rings. The Hall–Kier alpha value is -0.910. The van der Waals surface area contributed by atoms with Crippen molar-refractivity contribution in [3.63, 3.8) is 0 Å². The van der Waals surface area contributed by atoms with Crippen LogP contribution >= 0.6 is 11.6 Å². The summed E-state index contributed by atoms with van der Waals surface area (Å²) in [5.41, 5.74) is 0. The third-order valence-corrected chi connectivity index (χ3v) is 5.52. The predicted octanol–water partition coefficient (Wildman–Crippen LogP) is 2.68. The number of hydrogen-bond acceptors (Lipinski definition) is 5. The minimum Gasteiger partial charge on any atom is -0.381 e. The molecule has 3 heterocycles. The topological polar surface area (TPSA) is 50.3 Å². The number of hydrogen-bond donors (Lipinski definition) is 1. The number of nitrogens with one attached hydrogen (secondary N) is 1. The lowest BCUT2D eigenvalue weighted by atomic mass is 10.00. The molecule has 126 valence electrons. The van der Waals surface area contributed by atoms with Crippen molar-refractivity contribution in [3.05, 3.63) is 17.3 Å². The zero-order valence-corrected chi connectivity index (χ0v) is 14.0. The van der Waals surface area contributed by atoms with Crippen molar-refractivity contribution < 1.29 is 7.48 Å². The summed E-state index contributed by atoms with van der Waals surface area (Å²) in [6.45, 7) is 1.90. The molecule has 2 aliphatic heterocycles. The molecule has 3 fully saturated rings. The fourth-order valence-electron chi connectivity index (χ4n) is 4.21. The van der Waals surface area contributed by atoms with E-state index < -0.39 is 6.50 Å². The zero-order chi connectivity index (χ0) is 17.4. The van der Waals surface area contributed by atoms with E-state index in [1.165, 1.54) is 0 Å². The average molecular weight is 339 g/mol. The highest BCUT2D eigenvalue weighted by molar-refractivity contribution is 6.29. The zero-order valence-electron chi connectivity index (χ0n) is 15.2. The normalized spacial score (nSPS) is 34.0. The first kappa shape index (κ1) is 13.4. The summed E-state index contributed by atoms with van der Waals surface area (Å²) in [5.74, 6) is 1.99. The number of halogens is 1. The molecule has 0 radical (unpaired) electrons. The van der Waals surface area contributed by atoms with Crippen LogP contribution in [0.15, 0.2) is 12.1 Å². The Morgan fingerprint density at radius 1 is 1.22 bits per heavy atom. The van der Waals surface area contributed by atoms with Crippen LogP contribution in [0.2, 0.25) is 5.15 Å². The Kier molecular flexibility index (Phi) is 4.02. The largest absolute Gasteiger partial charge is 0.381 e. The Morgan fingerprint density at radius 3 is 2.61 bits per heavy atom. The molecule has 2 saturated heterocycles. The van der Waals surface area contributed by atoms with Crippen LogP contribution in [0.4, 0.5) is 5.82 Å². The Balaban J connectivity index is 1.33. The van der Waals surface area contributed by atoms with Gasteiger partial charge in [0.2, 0.25) is 0 Å². The van der Waals surface area contributed by atoms with Crippen LogP contribution < -0.4 is 5.32 Å². The molecule has 1 aromatic rings. The van der Waals surface area contributed by atoms with Crippen LogP contribution in [-0.2, 0) is 4.74 Å². The van der Waals surface area contributed by atoms with Crippen molar-refractivity contribution in [1.29, 1.82) is 0 Å². The molecule has 6 heteroatoms. The molecule has 0 aromatic carbocycles. The van der Waals surface area contributed by atoms with E-state index >= 15 is 0 Å². The lowest BCUT2D eigenvalue weighted by molar-refractivity contribution is 0.0545. The lowest BCUT2D eigenvalue weighted by Gasteiger charge is -2.27. The van der Waals surface area contributed by atoms with E-state index in [0.717, 1.165) is 44.6 Å². The van der Waals surface area contributed by atoms with Gasteiger partial charge in [-0.25, -0.2) is 0 Å². The van der Waals surface area contributed by atoms with E-state index in [0.29, 0.717) is 36.2 Å². The highest BCUT2D eigenvalue weighted by Crippen LogP contribution is 2.39. The summed E-state index contributed by atoms with van der Waals surface area (Å²) < 4.78 is 22.7. The number of anilines is 1. The van der Waals surface area contributed by atoms with Crippen LogP contribution in [0.5, 0.6) is 0 Å². The molecule has 1 N–H and O–H groups in total. The molecule has 1 saturated carbocycles. The van der Waals surface area contributed by atoms with Crippen molar-refractivity contribution in [2.75, 3.05) is 38.1 Å². The minimum atomic E-state index is -1.21. The number of ether oxygens (including phenoxy) is 1. The van der Waals surface area contributed by atoms with Gasteiger partial charge in [-0.15, -0.1) is 10.2 Å². The van der Waals surface area contributed by atoms with Gasteiger partial charge in [-0.1, -0.05) is 11.6 Å². The van der Waals surface area contributed by atoms with Gasteiger partial charge in [-0.3, -0.25) is 0 Å². The standard InChI is InChI=1S/C17H25ClN4O/c18-16-1-2-17(21-20-16)19-15-7-13-10-22(11-14(13)8-15)9-12-3-5-23-6-4-12/h1-2,12-15H,3-11H2,(H,19,21)/t13-,14+,15?/i9D2. The summed E-state index contributed by atoms with van der Waals surface area (Å²) in [5, 5.41) is 11.8. The summed E-state index contributed by atoms with van der Waals surface area (Å²) in [4.78, 5) is 2.09. The van der Waals surface area contributed by atoms with Crippen LogP contribution in [0.3, 0.4) is 0 Å². The second-order valence-corrected chi connectivity index (χ2v) is 7.38. The number of likely N-dealkylation sites (tertiary alicyclic amines) is 1. The smallest absolute Gasteiger partial charge is 0.151 e. The molecule has 1 aliphatic carbocycles. The van der Waals surface area contributed by atoms with Crippen molar-refractivity contribution in [2.24, 2.45) is 17.8 Å². The summed E-state index contributed by atoms with van der Waals surface area (Å²) in [6, 6.07) is 4.00. The van der Waals surface area contributed by atoms with E-state index in [-0.39, 0.29) is 5.92 Å². The third kappa shape index (κ3) is 3.78. The summed E-state index contributed by atoms with van der Waals surface area (Å²) >= 11 is 5.78. The van der Waals surface area contributed by atoms with Gasteiger partial charge >= 0.3 is 0 Å². The maximum absolute atomic E-state index is 8.64. The number of aromatic nitrogens is 2. The highest BCUT2D eigenvalue weighted by atomic mass is 35.5. The number of fused-ring (bicyclic) bond motifs is 1. The molecular formula is C17H25ClN4O. The Labute approximate surface area is 145 Å². The molecule has 0 bridgehead atoms. The first-order valence-corrected chi connectivity index (χ1v) is 8.98. The van der Waals surface area contributed by atoms with Gasteiger partial charge in [0.25, 0.3) is 0 Å². The molecule has 4 rings (SSSR count). The van der Waals surface area contributed by atoms with E-state index in [1.807, 2.05) is 6.07 Å². The lowest BCUT2D eigenvalue weighted by Crippen LogP contribution is -2.32. The van der Waals surface area contributed by atoms with Gasteiger partial charge in [0.1, 0.15) is 5.82 Å². The minimum absolute atomic E-state index is 0.0957. The van der Waals surface area contributed by atoms with Crippen LogP contribution in [0, 0.1) is 17.8 Å². The van der Waals surface area contributed by atoms with E-state index in [9.17, 15) is 0 Å². The van der Waals surface area contributed by atoms with E-state index in [4.69, 9.17) is 19.1 Å². The predicted molar refractivity (Wildman–Crippen MR) is 90.6 cm³/mol. The van der Waals surface area contributed by atoms with Gasteiger partial charge in [0.05, 0.1) is 0 Å². The summed E-state index contributed by atoms with van der Waals surface area (Å²) in [6.07, 6.45) is 3.79. The van der Waals surface area contributed by atoms with Crippen LogP contribution in [0.25, 0.3) is 0 Å². The van der Waals surface area contributed by atoms with E-state index in [1.54, 1.807) is 6.07 Å². The second kappa shape index (κ2) is 6.91. The van der Waals surface area contributed by atoms with E-state index in [2.05, 4.69) is 20.4 Å². The number of nitrogens with zero attached hydrogens (tertiary/aromatic N) is 3. The van der Waals surface area contributed by atoms with Gasteiger partial charge < -0.3 is 15.0 Å². The van der Waals surface area contributed by atoms with Crippen molar-refractivity contribution in [3.8, 4) is 0 Å². The molecule has 3 atom stereocenters. The molecular weight excluding hydrogens is 312 g/mol. The molecule has 23 heavy (non-hydrogen) atoms. The van der Waals surface area contributed by atoms with Gasteiger partial charge in [0.15, 0.2) is 5.15 Å². The Bertz CT molecular complexity index is 583. The first-order chi connectivity index (χ1) is 12.0. The van der Waals surface area contributed by atoms with Crippen molar-refractivity contribution in [1.82, 2.24) is 15.1 Å². The third-order valence-electron chi connectivity index (χ3n) is 5.32. The van der Waals surface area contributed by atoms with Crippen LogP contribution in [-0.4, -0.2) is 53.9 Å². The molecule has 0 spiro atoms. The summed E-state index contributed by atoms with van der Waals surface area (Å²) in [7, 11) is 0. The second-order valence-electron chi connectivity index (χ2n) is 6.99. The molecule has 0 amide bonds. The number of rotatable bonds is 4. The quantitative estimate of drug-likeness (QED) is 0.914. The van der Waals surface area contributed by atoms with Crippen molar-refractivity contribution >= 4 is 17.4 Å². The fraction of sp³-hybridized carbons (Fsp3) is 0.765. The fourth-order valence-corrected chi connectivity index (χ4v) is 4.31. The Morgan fingerprint density at radius 2 is 1.96 bits per heavy atom.